The lowest BCUT2D eigenvalue weighted by Crippen LogP contribution is -2.42. The highest BCUT2D eigenvalue weighted by Crippen LogP contribution is 2.34. The van der Waals surface area contributed by atoms with Gasteiger partial charge in [-0.1, -0.05) is 164 Å². The monoisotopic (exact) mass is 595 g/mol. The molecule has 0 bridgehead atoms. The largest absolute Gasteiger partial charge is 0.375 e. The minimum absolute atomic E-state index is 0.0381. The predicted octanol–water partition coefficient (Wildman–Crippen LogP) is 8.34. The number of nitrogens with zero attached hydrogens (tertiary/aromatic N) is 1. The first-order valence-corrected chi connectivity index (χ1v) is 15.8. The van der Waals surface area contributed by atoms with Gasteiger partial charge in [-0.05, 0) is 27.8 Å². The summed E-state index contributed by atoms with van der Waals surface area (Å²) in [5.74, 6) is 0. The maximum atomic E-state index is 6.88. The third kappa shape index (κ3) is 8.65. The fraction of sp³-hybridized carbons (Fsp3) is 0.220. The molecule has 6 rings (SSSR count). The van der Waals surface area contributed by atoms with E-state index in [9.17, 15) is 0 Å². The summed E-state index contributed by atoms with van der Waals surface area (Å²) < 4.78 is 20.2. The second-order valence-electron chi connectivity index (χ2n) is 11.5. The van der Waals surface area contributed by atoms with Gasteiger partial charge in [-0.15, -0.1) is 0 Å². The second-order valence-corrected chi connectivity index (χ2v) is 11.5. The van der Waals surface area contributed by atoms with Gasteiger partial charge in [0.25, 0.3) is 0 Å². The molecule has 5 aromatic carbocycles. The number of hydrogen-bond donors (Lipinski definition) is 0. The van der Waals surface area contributed by atoms with Crippen molar-refractivity contribution >= 4 is 6.08 Å². The summed E-state index contributed by atoms with van der Waals surface area (Å²) in [4.78, 5) is 2.52. The zero-order valence-electron chi connectivity index (χ0n) is 25.6. The smallest absolute Gasteiger partial charge is 0.105 e. The van der Waals surface area contributed by atoms with Gasteiger partial charge in [0.15, 0.2) is 0 Å². The van der Waals surface area contributed by atoms with Crippen LogP contribution in [-0.2, 0) is 40.6 Å². The van der Waals surface area contributed by atoms with E-state index in [2.05, 4.69) is 144 Å². The number of benzene rings is 5. The molecule has 0 unspecified atom stereocenters. The summed E-state index contributed by atoms with van der Waals surface area (Å²) in [6.45, 7) is 2.81. The van der Waals surface area contributed by atoms with E-state index in [0.29, 0.717) is 26.4 Å². The average molecular weight is 596 g/mol. The van der Waals surface area contributed by atoms with Crippen LogP contribution in [-0.4, -0.2) is 35.8 Å². The molecule has 4 atom stereocenters. The molecule has 1 aliphatic heterocycles. The predicted molar refractivity (Wildman–Crippen MR) is 181 cm³/mol. The molecular weight excluding hydrogens is 554 g/mol. The van der Waals surface area contributed by atoms with Crippen molar-refractivity contribution in [2.75, 3.05) is 6.61 Å². The van der Waals surface area contributed by atoms with Crippen molar-refractivity contribution in [3.05, 3.63) is 186 Å². The number of hydrogen-bond acceptors (Lipinski definition) is 4. The van der Waals surface area contributed by atoms with E-state index in [1.165, 1.54) is 5.56 Å². The first kappa shape index (κ1) is 30.7. The summed E-state index contributed by atoms with van der Waals surface area (Å²) in [6.07, 6.45) is 4.06. The van der Waals surface area contributed by atoms with Crippen LogP contribution < -0.4 is 0 Å². The summed E-state index contributed by atoms with van der Waals surface area (Å²) >= 11 is 0. The normalized spacial score (nSPS) is 20.1. The summed E-state index contributed by atoms with van der Waals surface area (Å²) in [5, 5.41) is 0. The molecule has 0 aromatic heterocycles. The van der Waals surface area contributed by atoms with Crippen molar-refractivity contribution in [1.82, 2.24) is 4.90 Å². The van der Waals surface area contributed by atoms with Crippen molar-refractivity contribution < 1.29 is 14.2 Å². The number of rotatable bonds is 14. The Morgan fingerprint density at radius 2 is 0.933 bits per heavy atom. The van der Waals surface area contributed by atoms with Crippen molar-refractivity contribution in [2.45, 2.75) is 50.7 Å². The highest BCUT2D eigenvalue weighted by molar-refractivity contribution is 5.50. The molecule has 1 heterocycles. The van der Waals surface area contributed by atoms with Gasteiger partial charge in [-0.3, -0.25) is 4.90 Å². The Bertz CT molecular complexity index is 1560. The molecule has 228 valence electrons. The zero-order valence-corrected chi connectivity index (χ0v) is 25.6. The first-order chi connectivity index (χ1) is 22.3. The maximum absolute atomic E-state index is 6.88. The Morgan fingerprint density at radius 1 is 0.489 bits per heavy atom. The van der Waals surface area contributed by atoms with Crippen molar-refractivity contribution in [3.63, 3.8) is 0 Å². The zero-order chi connectivity index (χ0) is 30.5. The Kier molecular flexibility index (Phi) is 11.0. The molecule has 1 aliphatic rings. The van der Waals surface area contributed by atoms with Crippen LogP contribution in [0.3, 0.4) is 0 Å². The lowest BCUT2D eigenvalue weighted by atomic mass is 10.1. The summed E-state index contributed by atoms with van der Waals surface area (Å²) in [5.41, 5.74) is 5.84. The summed E-state index contributed by atoms with van der Waals surface area (Å²) in [7, 11) is 0. The number of ether oxygens (including phenoxy) is 3. The molecule has 1 fully saturated rings. The molecule has 0 radical (unpaired) electrons. The van der Waals surface area contributed by atoms with Crippen molar-refractivity contribution in [3.8, 4) is 0 Å². The third-order valence-electron chi connectivity index (χ3n) is 8.31. The van der Waals surface area contributed by atoms with E-state index in [-0.39, 0.29) is 24.3 Å². The van der Waals surface area contributed by atoms with E-state index < -0.39 is 0 Å². The fourth-order valence-electron chi connectivity index (χ4n) is 6.02. The molecule has 4 nitrogen and oxygen atoms in total. The van der Waals surface area contributed by atoms with Crippen LogP contribution in [0.2, 0.25) is 0 Å². The Balaban J connectivity index is 1.35. The van der Waals surface area contributed by atoms with Crippen molar-refractivity contribution in [2.24, 2.45) is 0 Å². The molecule has 0 N–H and O–H groups in total. The molecule has 5 aromatic rings. The van der Waals surface area contributed by atoms with Gasteiger partial charge in [-0.25, -0.2) is 0 Å². The van der Waals surface area contributed by atoms with Crippen LogP contribution in [0, 0.1) is 0 Å². The summed E-state index contributed by atoms with van der Waals surface area (Å²) in [6, 6.07) is 52.2. The minimum atomic E-state index is -0.223. The molecule has 0 aliphatic carbocycles. The maximum Gasteiger partial charge on any atom is 0.105 e. The first-order valence-electron chi connectivity index (χ1n) is 15.8. The van der Waals surface area contributed by atoms with Crippen LogP contribution in [0.1, 0.15) is 27.8 Å². The molecule has 1 saturated heterocycles. The third-order valence-corrected chi connectivity index (χ3v) is 8.31. The van der Waals surface area contributed by atoms with E-state index >= 15 is 0 Å². The van der Waals surface area contributed by atoms with Gasteiger partial charge < -0.3 is 14.2 Å². The standard InChI is InChI=1S/C41H41NO3/c1-6-16-33(17-7-1)26-27-38-40(44-30-36-22-12-4-13-23-36)41(45-31-37-24-14-5-15-25-37)39(32-43-29-35-20-10-3-11-21-35)42(38)28-34-18-8-2-9-19-34/h1-27,38-41H,28-32H2/b27-26+/t38-,39-,40-,41-/m1/s1. The van der Waals surface area contributed by atoms with Crippen LogP contribution in [0.25, 0.3) is 6.08 Å². The molecule has 0 amide bonds. The minimum Gasteiger partial charge on any atom is -0.375 e. The van der Waals surface area contributed by atoms with Gasteiger partial charge in [0.2, 0.25) is 0 Å². The van der Waals surface area contributed by atoms with E-state index in [1.54, 1.807) is 0 Å². The van der Waals surface area contributed by atoms with Crippen LogP contribution >= 0.6 is 0 Å². The van der Waals surface area contributed by atoms with E-state index in [4.69, 9.17) is 14.2 Å². The second kappa shape index (κ2) is 16.1. The molecule has 45 heavy (non-hydrogen) atoms. The van der Waals surface area contributed by atoms with E-state index in [1.807, 2.05) is 24.3 Å². The fourth-order valence-corrected chi connectivity index (χ4v) is 6.02. The Labute approximate surface area is 267 Å². The van der Waals surface area contributed by atoms with Crippen molar-refractivity contribution in [1.29, 1.82) is 0 Å². The van der Waals surface area contributed by atoms with Gasteiger partial charge in [0.05, 0.1) is 38.5 Å². The topological polar surface area (TPSA) is 30.9 Å². The molecule has 0 spiro atoms. The highest BCUT2D eigenvalue weighted by atomic mass is 16.5. The van der Waals surface area contributed by atoms with Gasteiger partial charge in [0.1, 0.15) is 12.2 Å². The van der Waals surface area contributed by atoms with Gasteiger partial charge >= 0.3 is 0 Å². The molecule has 4 heteroatoms. The average Bonchev–Trinajstić information content (AvgIpc) is 3.38. The van der Waals surface area contributed by atoms with Gasteiger partial charge in [0, 0.05) is 6.54 Å². The quantitative estimate of drug-likeness (QED) is 0.129. The Hall–Kier alpha value is -4.32. The lowest BCUT2D eigenvalue weighted by Gasteiger charge is -2.30. The lowest BCUT2D eigenvalue weighted by molar-refractivity contribution is -0.0844. The van der Waals surface area contributed by atoms with Crippen LogP contribution in [0.5, 0.6) is 0 Å². The van der Waals surface area contributed by atoms with E-state index in [0.717, 1.165) is 28.8 Å². The van der Waals surface area contributed by atoms with Crippen LogP contribution in [0.15, 0.2) is 158 Å². The molecule has 0 saturated carbocycles. The highest BCUT2D eigenvalue weighted by Gasteiger charge is 2.49. The van der Waals surface area contributed by atoms with Gasteiger partial charge in [-0.2, -0.15) is 0 Å². The number of likely N-dealkylation sites (tertiary alicyclic amines) is 1. The molecular formula is C41H41NO3. The Morgan fingerprint density at radius 3 is 1.47 bits per heavy atom. The van der Waals surface area contributed by atoms with Crippen LogP contribution in [0.4, 0.5) is 0 Å². The SMILES string of the molecule is C(=C\[C@@H]1[C@@H](OCc2ccccc2)[C@H](OCc2ccccc2)[C@@H](COCc2ccccc2)N1Cc1ccccc1)/c1ccccc1.